The van der Waals surface area contributed by atoms with Crippen LogP contribution in [0.2, 0.25) is 0 Å². The third-order valence-electron chi connectivity index (χ3n) is 4.65. The molecule has 3 N–H and O–H groups in total. The van der Waals surface area contributed by atoms with E-state index in [9.17, 15) is 0 Å². The van der Waals surface area contributed by atoms with E-state index in [1.807, 2.05) is 12.1 Å². The zero-order valence-electron chi connectivity index (χ0n) is 12.6. The molecule has 1 fully saturated rings. The fourth-order valence-corrected chi connectivity index (χ4v) is 3.37. The Hall–Kier alpha value is -1.09. The number of anilines is 1. The molecule has 2 nitrogen and oxygen atoms in total. The Bertz CT molecular complexity index is 462. The highest BCUT2D eigenvalue weighted by Gasteiger charge is 2.20. The van der Waals surface area contributed by atoms with E-state index in [0.717, 1.165) is 29.6 Å². The van der Waals surface area contributed by atoms with Crippen molar-refractivity contribution in [3.8, 4) is 0 Å². The Morgan fingerprint density at radius 3 is 2.50 bits per heavy atom. The van der Waals surface area contributed by atoms with Crippen molar-refractivity contribution in [2.24, 2.45) is 17.6 Å². The quantitative estimate of drug-likeness (QED) is 0.796. The lowest BCUT2D eigenvalue weighted by Crippen LogP contribution is -2.22. The molecule has 110 valence electrons. The van der Waals surface area contributed by atoms with Crippen LogP contribution >= 0.6 is 12.2 Å². The Morgan fingerprint density at radius 1 is 1.25 bits per heavy atom. The van der Waals surface area contributed by atoms with Gasteiger partial charge in [-0.15, -0.1) is 0 Å². The number of para-hydroxylation sites is 1. The van der Waals surface area contributed by atoms with Gasteiger partial charge in [-0.05, 0) is 43.2 Å². The summed E-state index contributed by atoms with van der Waals surface area (Å²) in [4.78, 5) is 0.478. The van der Waals surface area contributed by atoms with Gasteiger partial charge in [0.25, 0.3) is 0 Å². The highest BCUT2D eigenvalue weighted by atomic mass is 32.1. The van der Waals surface area contributed by atoms with Crippen molar-refractivity contribution >= 4 is 22.9 Å². The van der Waals surface area contributed by atoms with Gasteiger partial charge < -0.3 is 11.1 Å². The van der Waals surface area contributed by atoms with Gasteiger partial charge in [0.05, 0.1) is 0 Å². The second-order valence-corrected chi connectivity index (χ2v) is 6.48. The van der Waals surface area contributed by atoms with Crippen molar-refractivity contribution in [1.82, 2.24) is 0 Å². The van der Waals surface area contributed by atoms with Crippen LogP contribution < -0.4 is 11.1 Å². The van der Waals surface area contributed by atoms with Crippen LogP contribution in [0.5, 0.6) is 0 Å². The van der Waals surface area contributed by atoms with Gasteiger partial charge in [-0.1, -0.05) is 50.5 Å². The van der Waals surface area contributed by atoms with Crippen molar-refractivity contribution < 1.29 is 0 Å². The maximum atomic E-state index is 5.82. The number of hydrogen-bond acceptors (Lipinski definition) is 2. The minimum atomic E-state index is 0.478. The summed E-state index contributed by atoms with van der Waals surface area (Å²) in [7, 11) is 0. The summed E-state index contributed by atoms with van der Waals surface area (Å²) in [5.74, 6) is 1.74. The van der Waals surface area contributed by atoms with Crippen LogP contribution in [0, 0.1) is 18.8 Å². The summed E-state index contributed by atoms with van der Waals surface area (Å²) in [6.45, 7) is 5.46. The monoisotopic (exact) mass is 290 g/mol. The van der Waals surface area contributed by atoms with E-state index in [2.05, 4.69) is 25.2 Å². The van der Waals surface area contributed by atoms with Crippen molar-refractivity contribution in [2.75, 3.05) is 11.9 Å². The molecule has 1 aliphatic carbocycles. The number of aryl methyl sites for hydroxylation is 1. The maximum Gasteiger partial charge on any atom is 0.106 e. The fraction of sp³-hybridized carbons (Fsp3) is 0.588. The molecule has 20 heavy (non-hydrogen) atoms. The molecular formula is C17H26N2S. The highest BCUT2D eigenvalue weighted by molar-refractivity contribution is 7.80. The summed E-state index contributed by atoms with van der Waals surface area (Å²) < 4.78 is 0. The molecule has 0 radical (unpaired) electrons. The van der Waals surface area contributed by atoms with Gasteiger partial charge in [-0.25, -0.2) is 0 Å². The van der Waals surface area contributed by atoms with E-state index >= 15 is 0 Å². The van der Waals surface area contributed by atoms with Crippen molar-refractivity contribution in [1.29, 1.82) is 0 Å². The molecule has 0 aromatic heterocycles. The lowest BCUT2D eigenvalue weighted by atomic mass is 9.81. The Labute approximate surface area is 128 Å². The average Bonchev–Trinajstić information content (AvgIpc) is 2.46. The minimum absolute atomic E-state index is 0.478. The smallest absolute Gasteiger partial charge is 0.106 e. The van der Waals surface area contributed by atoms with Crippen LogP contribution in [0.1, 0.15) is 50.2 Å². The number of hydrogen-bond donors (Lipinski definition) is 2. The van der Waals surface area contributed by atoms with Crippen molar-refractivity contribution in [2.45, 2.75) is 46.0 Å². The molecule has 0 saturated heterocycles. The third kappa shape index (κ3) is 3.72. The van der Waals surface area contributed by atoms with Crippen molar-refractivity contribution in [3.63, 3.8) is 0 Å². The first-order valence-corrected chi connectivity index (χ1v) is 8.16. The molecule has 0 heterocycles. The summed E-state index contributed by atoms with van der Waals surface area (Å²) in [5.41, 5.74) is 9.14. The standard InChI is InChI=1S/C17H26N2S/c1-3-13-7-9-14(10-8-13)11-19-16-12(2)5-4-6-15(16)17(18)20/h4-6,13-14,19H,3,7-11H2,1-2H3,(H2,18,20). The maximum absolute atomic E-state index is 5.82. The van der Waals surface area contributed by atoms with Crippen molar-refractivity contribution in [3.05, 3.63) is 29.3 Å². The van der Waals surface area contributed by atoms with Gasteiger partial charge >= 0.3 is 0 Å². The van der Waals surface area contributed by atoms with Crippen LogP contribution in [0.15, 0.2) is 18.2 Å². The zero-order chi connectivity index (χ0) is 14.5. The fourth-order valence-electron chi connectivity index (χ4n) is 3.20. The second kappa shape index (κ2) is 7.07. The number of nitrogens with one attached hydrogen (secondary N) is 1. The van der Waals surface area contributed by atoms with E-state index in [4.69, 9.17) is 18.0 Å². The van der Waals surface area contributed by atoms with Crippen LogP contribution in [-0.2, 0) is 0 Å². The lowest BCUT2D eigenvalue weighted by Gasteiger charge is -2.28. The topological polar surface area (TPSA) is 38.0 Å². The molecule has 2 rings (SSSR count). The molecule has 3 heteroatoms. The number of thiocarbonyl (C=S) groups is 1. The number of nitrogens with two attached hydrogens (primary N) is 1. The van der Waals surface area contributed by atoms with Gasteiger partial charge in [0.2, 0.25) is 0 Å². The number of rotatable bonds is 5. The van der Waals surface area contributed by atoms with Gasteiger partial charge in [0.1, 0.15) is 4.99 Å². The molecular weight excluding hydrogens is 264 g/mol. The van der Waals surface area contributed by atoms with Gasteiger partial charge in [0, 0.05) is 17.8 Å². The summed E-state index contributed by atoms with van der Waals surface area (Å²) in [6.07, 6.45) is 6.81. The van der Waals surface area contributed by atoms with Gasteiger partial charge in [-0.3, -0.25) is 0 Å². The largest absolute Gasteiger partial charge is 0.389 e. The lowest BCUT2D eigenvalue weighted by molar-refractivity contribution is 0.278. The summed E-state index contributed by atoms with van der Waals surface area (Å²) >= 11 is 5.15. The molecule has 1 aromatic rings. The minimum Gasteiger partial charge on any atom is -0.389 e. The first kappa shape index (κ1) is 15.3. The first-order chi connectivity index (χ1) is 9.61. The van der Waals surface area contributed by atoms with Crippen LogP contribution in [0.25, 0.3) is 0 Å². The SMILES string of the molecule is CCC1CCC(CNc2c(C)cccc2C(N)=S)CC1. The van der Waals surface area contributed by atoms with Crippen LogP contribution in [0.3, 0.4) is 0 Å². The van der Waals surface area contributed by atoms with E-state index in [-0.39, 0.29) is 0 Å². The number of benzene rings is 1. The first-order valence-electron chi connectivity index (χ1n) is 7.75. The van der Waals surface area contributed by atoms with E-state index in [1.54, 1.807) is 0 Å². The van der Waals surface area contributed by atoms with Crippen LogP contribution in [0.4, 0.5) is 5.69 Å². The third-order valence-corrected chi connectivity index (χ3v) is 4.87. The average molecular weight is 290 g/mol. The molecule has 0 atom stereocenters. The molecule has 1 aliphatic rings. The summed E-state index contributed by atoms with van der Waals surface area (Å²) in [6, 6.07) is 6.13. The normalized spacial score (nSPS) is 22.5. The summed E-state index contributed by atoms with van der Waals surface area (Å²) in [5, 5.41) is 3.60. The van der Waals surface area contributed by atoms with Gasteiger partial charge in [0.15, 0.2) is 0 Å². The molecule has 0 aliphatic heterocycles. The zero-order valence-corrected chi connectivity index (χ0v) is 13.4. The molecule has 1 saturated carbocycles. The molecule has 0 amide bonds. The molecule has 0 spiro atoms. The Kier molecular flexibility index (Phi) is 5.41. The highest BCUT2D eigenvalue weighted by Crippen LogP contribution is 2.31. The Morgan fingerprint density at radius 2 is 1.90 bits per heavy atom. The predicted octanol–water partition coefficient (Wildman–Crippen LogP) is 4.26. The molecule has 0 bridgehead atoms. The molecule has 1 aromatic carbocycles. The van der Waals surface area contributed by atoms with E-state index < -0.39 is 0 Å². The van der Waals surface area contributed by atoms with E-state index in [0.29, 0.717) is 4.99 Å². The molecule has 0 unspecified atom stereocenters. The predicted molar refractivity (Wildman–Crippen MR) is 91.3 cm³/mol. The van der Waals surface area contributed by atoms with Gasteiger partial charge in [-0.2, -0.15) is 0 Å². The van der Waals surface area contributed by atoms with E-state index in [1.165, 1.54) is 37.7 Å². The van der Waals surface area contributed by atoms with Crippen LogP contribution in [-0.4, -0.2) is 11.5 Å². The second-order valence-electron chi connectivity index (χ2n) is 6.04. The Balaban J connectivity index is 1.96.